The van der Waals surface area contributed by atoms with Crippen LogP contribution in [0.15, 0.2) is 0 Å². The van der Waals surface area contributed by atoms with Gasteiger partial charge < -0.3 is 5.32 Å². The van der Waals surface area contributed by atoms with Gasteiger partial charge in [-0.15, -0.1) is 12.4 Å². The molecular formula is C11H20ClF3N2. The van der Waals surface area contributed by atoms with Crippen LogP contribution >= 0.6 is 12.4 Å². The summed E-state index contributed by atoms with van der Waals surface area (Å²) in [5, 5.41) is 3.25. The minimum atomic E-state index is -4.07. The molecule has 1 aliphatic carbocycles. The average molecular weight is 273 g/mol. The normalized spacial score (nSPS) is 25.6. The fourth-order valence-corrected chi connectivity index (χ4v) is 3.05. The summed E-state index contributed by atoms with van der Waals surface area (Å²) in [5.41, 5.74) is -0.216. The molecule has 0 radical (unpaired) electrons. The lowest BCUT2D eigenvalue weighted by Crippen LogP contribution is -2.63. The van der Waals surface area contributed by atoms with Crippen molar-refractivity contribution in [3.63, 3.8) is 0 Å². The minimum Gasteiger partial charge on any atom is -0.314 e. The molecule has 2 fully saturated rings. The summed E-state index contributed by atoms with van der Waals surface area (Å²) in [4.78, 5) is 1.67. The number of halogens is 4. The zero-order valence-corrected chi connectivity index (χ0v) is 10.7. The number of piperazine rings is 1. The van der Waals surface area contributed by atoms with E-state index in [1.807, 2.05) is 0 Å². The van der Waals surface area contributed by atoms with Crippen LogP contribution in [0.5, 0.6) is 0 Å². The van der Waals surface area contributed by atoms with Gasteiger partial charge >= 0.3 is 6.18 Å². The van der Waals surface area contributed by atoms with Crippen molar-refractivity contribution in [2.75, 3.05) is 26.2 Å². The van der Waals surface area contributed by atoms with E-state index in [0.717, 1.165) is 32.2 Å². The van der Waals surface area contributed by atoms with E-state index in [-0.39, 0.29) is 17.9 Å². The number of hydrogen-bond acceptors (Lipinski definition) is 2. The zero-order chi connectivity index (χ0) is 11.6. The topological polar surface area (TPSA) is 15.3 Å². The maximum atomic E-state index is 12.5. The lowest BCUT2D eigenvalue weighted by atomic mass is 9.79. The Hall–Kier alpha value is -0.0000000000000000416. The quantitative estimate of drug-likeness (QED) is 0.789. The molecular weight excluding hydrogens is 253 g/mol. The van der Waals surface area contributed by atoms with E-state index in [1.165, 1.54) is 6.42 Å². The third-order valence-electron chi connectivity index (χ3n) is 3.84. The van der Waals surface area contributed by atoms with E-state index in [2.05, 4.69) is 5.32 Å². The smallest absolute Gasteiger partial charge is 0.314 e. The highest BCUT2D eigenvalue weighted by molar-refractivity contribution is 5.85. The first-order valence-corrected chi connectivity index (χ1v) is 6.04. The van der Waals surface area contributed by atoms with Gasteiger partial charge in [-0.25, -0.2) is 0 Å². The standard InChI is InChI=1S/C11H19F3N2.ClH/c12-11(13,14)9-16-7-6-15-8-10(16)4-2-1-3-5-10;/h15H,1-9H2;1H. The van der Waals surface area contributed by atoms with Gasteiger partial charge in [0.2, 0.25) is 0 Å². The van der Waals surface area contributed by atoms with Crippen molar-refractivity contribution in [2.24, 2.45) is 0 Å². The molecule has 1 saturated heterocycles. The summed E-state index contributed by atoms with van der Waals surface area (Å²) in [5.74, 6) is 0. The van der Waals surface area contributed by atoms with Crippen LogP contribution in [-0.4, -0.2) is 42.8 Å². The maximum Gasteiger partial charge on any atom is 0.401 e. The molecule has 2 aliphatic rings. The van der Waals surface area contributed by atoms with Crippen molar-refractivity contribution in [3.05, 3.63) is 0 Å². The number of nitrogens with one attached hydrogen (secondary N) is 1. The Balaban J connectivity index is 0.00000144. The van der Waals surface area contributed by atoms with Crippen LogP contribution < -0.4 is 5.32 Å². The van der Waals surface area contributed by atoms with Gasteiger partial charge in [-0.05, 0) is 12.8 Å². The Kier molecular flexibility index (Phi) is 5.10. The molecule has 1 saturated carbocycles. The molecule has 2 nitrogen and oxygen atoms in total. The molecule has 1 N–H and O–H groups in total. The summed E-state index contributed by atoms with van der Waals surface area (Å²) >= 11 is 0. The molecule has 0 unspecified atom stereocenters. The second-order valence-electron chi connectivity index (χ2n) is 5.00. The van der Waals surface area contributed by atoms with E-state index in [1.54, 1.807) is 4.90 Å². The number of hydrogen-bond donors (Lipinski definition) is 1. The SMILES string of the molecule is Cl.FC(F)(F)CN1CCNCC12CCCCC2. The molecule has 6 heteroatoms. The molecule has 1 aliphatic heterocycles. The second kappa shape index (κ2) is 5.76. The molecule has 0 aromatic rings. The molecule has 102 valence electrons. The largest absolute Gasteiger partial charge is 0.401 e. The van der Waals surface area contributed by atoms with Crippen LogP contribution in [-0.2, 0) is 0 Å². The average Bonchev–Trinajstić information content (AvgIpc) is 2.21. The summed E-state index contributed by atoms with van der Waals surface area (Å²) in [7, 11) is 0. The predicted molar refractivity (Wildman–Crippen MR) is 63.6 cm³/mol. The molecule has 0 atom stereocenters. The van der Waals surface area contributed by atoms with Crippen LogP contribution in [0.4, 0.5) is 13.2 Å². The molecule has 2 rings (SSSR count). The fraction of sp³-hybridized carbons (Fsp3) is 1.00. The van der Waals surface area contributed by atoms with E-state index in [9.17, 15) is 13.2 Å². The van der Waals surface area contributed by atoms with Gasteiger partial charge in [-0.2, -0.15) is 13.2 Å². The first kappa shape index (κ1) is 15.1. The summed E-state index contributed by atoms with van der Waals surface area (Å²) in [6, 6.07) is 0. The Morgan fingerprint density at radius 2 is 1.76 bits per heavy atom. The molecule has 0 amide bonds. The zero-order valence-electron chi connectivity index (χ0n) is 9.85. The number of alkyl halides is 3. The number of nitrogens with zero attached hydrogens (tertiary/aromatic N) is 1. The van der Waals surface area contributed by atoms with Gasteiger partial charge in [-0.3, -0.25) is 4.90 Å². The molecule has 1 spiro atoms. The molecule has 17 heavy (non-hydrogen) atoms. The third-order valence-corrected chi connectivity index (χ3v) is 3.84. The van der Waals surface area contributed by atoms with Gasteiger partial charge in [-0.1, -0.05) is 19.3 Å². The van der Waals surface area contributed by atoms with Crippen molar-refractivity contribution < 1.29 is 13.2 Å². The predicted octanol–water partition coefficient (Wildman–Crippen LogP) is 2.58. The Labute approximate surface area is 106 Å². The van der Waals surface area contributed by atoms with Crippen LogP contribution in [0, 0.1) is 0 Å². The van der Waals surface area contributed by atoms with Crippen LogP contribution in [0.3, 0.4) is 0 Å². The van der Waals surface area contributed by atoms with Gasteiger partial charge in [0.05, 0.1) is 6.54 Å². The lowest BCUT2D eigenvalue weighted by Gasteiger charge is -2.50. The first-order chi connectivity index (χ1) is 7.52. The minimum absolute atomic E-state index is 0. The molecule has 1 heterocycles. The summed E-state index contributed by atoms with van der Waals surface area (Å²) < 4.78 is 37.5. The first-order valence-electron chi connectivity index (χ1n) is 6.04. The molecule has 0 aromatic carbocycles. The van der Waals surface area contributed by atoms with Crippen molar-refractivity contribution in [1.29, 1.82) is 0 Å². The fourth-order valence-electron chi connectivity index (χ4n) is 3.05. The maximum absolute atomic E-state index is 12.5. The Morgan fingerprint density at radius 3 is 2.35 bits per heavy atom. The van der Waals surface area contributed by atoms with Crippen LogP contribution in [0.2, 0.25) is 0 Å². The molecule has 0 bridgehead atoms. The summed E-state index contributed by atoms with van der Waals surface area (Å²) in [6.45, 7) is 1.19. The Morgan fingerprint density at radius 1 is 1.12 bits per heavy atom. The number of rotatable bonds is 1. The third kappa shape index (κ3) is 3.73. The van der Waals surface area contributed by atoms with Crippen molar-refractivity contribution >= 4 is 12.4 Å². The van der Waals surface area contributed by atoms with E-state index < -0.39 is 12.7 Å². The van der Waals surface area contributed by atoms with Gasteiger partial charge in [0.25, 0.3) is 0 Å². The highest BCUT2D eigenvalue weighted by atomic mass is 35.5. The summed E-state index contributed by atoms with van der Waals surface area (Å²) in [6.07, 6.45) is 1.06. The van der Waals surface area contributed by atoms with Gasteiger partial charge in [0, 0.05) is 25.2 Å². The monoisotopic (exact) mass is 272 g/mol. The van der Waals surface area contributed by atoms with Crippen LogP contribution in [0.25, 0.3) is 0 Å². The van der Waals surface area contributed by atoms with Crippen molar-refractivity contribution in [3.8, 4) is 0 Å². The van der Waals surface area contributed by atoms with Crippen molar-refractivity contribution in [2.45, 2.75) is 43.8 Å². The van der Waals surface area contributed by atoms with Gasteiger partial charge in [0.1, 0.15) is 0 Å². The highest BCUT2D eigenvalue weighted by Gasteiger charge is 2.44. The van der Waals surface area contributed by atoms with Gasteiger partial charge in [0.15, 0.2) is 0 Å². The van der Waals surface area contributed by atoms with E-state index in [0.29, 0.717) is 13.1 Å². The van der Waals surface area contributed by atoms with E-state index in [4.69, 9.17) is 0 Å². The Bertz CT molecular complexity index is 231. The second-order valence-corrected chi connectivity index (χ2v) is 5.00. The van der Waals surface area contributed by atoms with Crippen LogP contribution in [0.1, 0.15) is 32.1 Å². The lowest BCUT2D eigenvalue weighted by molar-refractivity contribution is -0.165. The molecule has 0 aromatic heterocycles. The van der Waals surface area contributed by atoms with E-state index >= 15 is 0 Å². The van der Waals surface area contributed by atoms with Crippen molar-refractivity contribution in [1.82, 2.24) is 10.2 Å². The highest BCUT2D eigenvalue weighted by Crippen LogP contribution is 2.36.